The lowest BCUT2D eigenvalue weighted by Gasteiger charge is -2.18. The number of halogens is 2. The van der Waals surface area contributed by atoms with E-state index in [1.165, 1.54) is 6.07 Å². The Bertz CT molecular complexity index is 1090. The van der Waals surface area contributed by atoms with Gasteiger partial charge in [0.1, 0.15) is 10.3 Å². The highest BCUT2D eigenvalue weighted by Gasteiger charge is 2.27. The molecule has 30 heavy (non-hydrogen) atoms. The van der Waals surface area contributed by atoms with Gasteiger partial charge in [0, 0.05) is 11.6 Å². The van der Waals surface area contributed by atoms with Crippen LogP contribution in [0.5, 0.6) is 0 Å². The zero-order valence-corrected chi connectivity index (χ0v) is 19.8. The summed E-state index contributed by atoms with van der Waals surface area (Å²) in [6.45, 7) is 0.387. The molecule has 0 saturated carbocycles. The summed E-state index contributed by atoms with van der Waals surface area (Å²) in [6.07, 6.45) is 0.866. The zero-order chi connectivity index (χ0) is 21.6. The van der Waals surface area contributed by atoms with Gasteiger partial charge in [-0.15, -0.1) is 11.3 Å². The normalized spacial score (nSPS) is 12.5. The number of amides is 1. The number of nitrogens with one attached hydrogen (secondary N) is 2. The van der Waals surface area contributed by atoms with Gasteiger partial charge >= 0.3 is 0 Å². The topological polar surface area (TPSA) is 75.3 Å². The first kappa shape index (κ1) is 23.0. The van der Waals surface area contributed by atoms with Crippen LogP contribution < -0.4 is 10.0 Å². The van der Waals surface area contributed by atoms with Crippen LogP contribution in [0.3, 0.4) is 0 Å². The van der Waals surface area contributed by atoms with Crippen LogP contribution in [0.25, 0.3) is 0 Å². The van der Waals surface area contributed by atoms with Crippen LogP contribution in [0.4, 0.5) is 0 Å². The predicted octanol–water partition coefficient (Wildman–Crippen LogP) is 4.41. The minimum absolute atomic E-state index is 0.154. The minimum Gasteiger partial charge on any atom is -0.354 e. The summed E-state index contributed by atoms with van der Waals surface area (Å²) in [5.74, 6) is -0.369. The van der Waals surface area contributed by atoms with Crippen molar-refractivity contribution in [1.29, 1.82) is 0 Å². The molecule has 0 bridgehead atoms. The van der Waals surface area contributed by atoms with Crippen molar-refractivity contribution in [3.63, 3.8) is 0 Å². The summed E-state index contributed by atoms with van der Waals surface area (Å²) in [5, 5.41) is 3.49. The Morgan fingerprint density at radius 2 is 1.70 bits per heavy atom. The highest BCUT2D eigenvalue weighted by atomic mass is 79.9. The van der Waals surface area contributed by atoms with E-state index in [2.05, 4.69) is 26.0 Å². The largest absolute Gasteiger partial charge is 0.354 e. The van der Waals surface area contributed by atoms with Crippen molar-refractivity contribution < 1.29 is 13.2 Å². The van der Waals surface area contributed by atoms with E-state index >= 15 is 0 Å². The highest BCUT2D eigenvalue weighted by Crippen LogP contribution is 2.26. The number of carbonyl (C=O) groups is 1. The molecule has 1 amide bonds. The van der Waals surface area contributed by atoms with Crippen molar-refractivity contribution >= 4 is 54.8 Å². The molecule has 0 radical (unpaired) electrons. The van der Waals surface area contributed by atoms with Crippen molar-refractivity contribution in [3.8, 4) is 0 Å². The molecule has 1 atom stereocenters. The molecule has 0 aliphatic heterocycles. The lowest BCUT2D eigenvalue weighted by Crippen LogP contribution is -2.48. The Hall–Kier alpha value is -1.71. The van der Waals surface area contributed by atoms with Gasteiger partial charge in [0.2, 0.25) is 5.91 Å². The first-order chi connectivity index (χ1) is 14.3. The third-order valence-electron chi connectivity index (χ3n) is 4.34. The SMILES string of the molecule is O=C(NCCc1ccc(Cl)cc1)[C@@H](Cc1ccccc1)NS(=O)(=O)c1ccc(Br)s1. The molecular weight excluding hydrogens is 508 g/mol. The first-order valence-corrected chi connectivity index (χ1v) is 12.6. The molecule has 0 unspecified atom stereocenters. The van der Waals surface area contributed by atoms with Gasteiger partial charge in [-0.25, -0.2) is 8.42 Å². The summed E-state index contributed by atoms with van der Waals surface area (Å²) in [7, 11) is -3.82. The molecule has 0 spiro atoms. The van der Waals surface area contributed by atoms with E-state index in [4.69, 9.17) is 11.6 Å². The third kappa shape index (κ3) is 6.65. The molecule has 0 aliphatic carbocycles. The molecule has 1 aromatic heterocycles. The number of thiophene rings is 1. The van der Waals surface area contributed by atoms with E-state index in [0.29, 0.717) is 21.8 Å². The van der Waals surface area contributed by atoms with Gasteiger partial charge in [0.15, 0.2) is 0 Å². The van der Waals surface area contributed by atoms with Crippen LogP contribution in [0.15, 0.2) is 74.7 Å². The quantitative estimate of drug-likeness (QED) is 0.433. The van der Waals surface area contributed by atoms with Crippen molar-refractivity contribution in [1.82, 2.24) is 10.0 Å². The average molecular weight is 528 g/mol. The number of hydrogen-bond acceptors (Lipinski definition) is 4. The monoisotopic (exact) mass is 526 g/mol. The molecule has 2 N–H and O–H groups in total. The molecule has 158 valence electrons. The molecular formula is C21H20BrClN2O3S2. The van der Waals surface area contributed by atoms with Crippen molar-refractivity contribution in [3.05, 3.63) is 86.7 Å². The summed E-state index contributed by atoms with van der Waals surface area (Å²) >= 11 is 10.3. The van der Waals surface area contributed by atoms with E-state index in [0.717, 1.165) is 22.5 Å². The van der Waals surface area contributed by atoms with E-state index < -0.39 is 16.1 Å². The van der Waals surface area contributed by atoms with Gasteiger partial charge < -0.3 is 5.32 Å². The summed E-state index contributed by atoms with van der Waals surface area (Å²) in [6, 6.07) is 18.9. The molecule has 0 saturated heterocycles. The highest BCUT2D eigenvalue weighted by molar-refractivity contribution is 9.11. The van der Waals surface area contributed by atoms with Gasteiger partial charge in [-0.1, -0.05) is 54.1 Å². The van der Waals surface area contributed by atoms with Crippen LogP contribution in [-0.2, 0) is 27.7 Å². The van der Waals surface area contributed by atoms with Gasteiger partial charge in [-0.05, 0) is 64.2 Å². The molecule has 5 nitrogen and oxygen atoms in total. The number of hydrogen-bond donors (Lipinski definition) is 2. The molecule has 0 fully saturated rings. The van der Waals surface area contributed by atoms with Crippen molar-refractivity contribution in [2.24, 2.45) is 0 Å². The third-order valence-corrected chi connectivity index (χ3v) is 8.18. The van der Waals surface area contributed by atoms with Gasteiger partial charge in [0.25, 0.3) is 10.0 Å². The van der Waals surface area contributed by atoms with Crippen molar-refractivity contribution in [2.45, 2.75) is 23.1 Å². The molecule has 3 rings (SSSR count). The van der Waals surface area contributed by atoms with E-state index in [-0.39, 0.29) is 16.5 Å². The maximum Gasteiger partial charge on any atom is 0.250 e. The van der Waals surface area contributed by atoms with Crippen molar-refractivity contribution in [2.75, 3.05) is 6.54 Å². The molecule has 9 heteroatoms. The van der Waals surface area contributed by atoms with E-state index in [9.17, 15) is 13.2 Å². The fraction of sp³-hybridized carbons (Fsp3) is 0.190. The minimum atomic E-state index is -3.82. The second kappa shape index (κ2) is 10.5. The standard InChI is InChI=1S/C21H20BrClN2O3S2/c22-19-10-11-20(29-19)30(27,28)25-18(14-16-4-2-1-3-5-16)21(26)24-13-12-15-6-8-17(23)9-7-15/h1-11,18,25H,12-14H2,(H,24,26)/t18-/m1/s1. The fourth-order valence-corrected chi connectivity index (χ4v) is 6.18. The molecule has 3 aromatic rings. The first-order valence-electron chi connectivity index (χ1n) is 9.17. The fourth-order valence-electron chi connectivity index (χ4n) is 2.83. The Morgan fingerprint density at radius 3 is 2.33 bits per heavy atom. The second-order valence-corrected chi connectivity index (χ2v) is 11.4. The Balaban J connectivity index is 1.69. The number of carbonyl (C=O) groups excluding carboxylic acids is 1. The smallest absolute Gasteiger partial charge is 0.250 e. The Labute approximate surface area is 193 Å². The van der Waals surface area contributed by atoms with Crippen LogP contribution in [0.1, 0.15) is 11.1 Å². The summed E-state index contributed by atoms with van der Waals surface area (Å²) in [4.78, 5) is 12.8. The van der Waals surface area contributed by atoms with Crippen LogP contribution >= 0.6 is 38.9 Å². The van der Waals surface area contributed by atoms with Gasteiger partial charge in [-0.2, -0.15) is 4.72 Å². The van der Waals surface area contributed by atoms with E-state index in [1.54, 1.807) is 18.2 Å². The molecule has 1 heterocycles. The Morgan fingerprint density at radius 1 is 1.00 bits per heavy atom. The van der Waals surface area contributed by atoms with Crippen LogP contribution in [0.2, 0.25) is 5.02 Å². The lowest BCUT2D eigenvalue weighted by atomic mass is 10.1. The number of benzene rings is 2. The maximum absolute atomic E-state index is 12.8. The Kier molecular flexibility index (Phi) is 8.07. The zero-order valence-electron chi connectivity index (χ0n) is 15.8. The lowest BCUT2D eigenvalue weighted by molar-refractivity contribution is -0.122. The summed E-state index contributed by atoms with van der Waals surface area (Å²) in [5.41, 5.74) is 1.90. The molecule has 2 aromatic carbocycles. The maximum atomic E-state index is 12.8. The van der Waals surface area contributed by atoms with Crippen LogP contribution in [0, 0.1) is 0 Å². The van der Waals surface area contributed by atoms with Gasteiger partial charge in [0.05, 0.1) is 3.79 Å². The predicted molar refractivity (Wildman–Crippen MR) is 124 cm³/mol. The summed E-state index contributed by atoms with van der Waals surface area (Å²) < 4.78 is 28.9. The van der Waals surface area contributed by atoms with Gasteiger partial charge in [-0.3, -0.25) is 4.79 Å². The molecule has 0 aliphatic rings. The average Bonchev–Trinajstić information content (AvgIpc) is 3.17. The second-order valence-electron chi connectivity index (χ2n) is 6.59. The van der Waals surface area contributed by atoms with Crippen LogP contribution in [-0.4, -0.2) is 26.9 Å². The number of sulfonamides is 1. The number of rotatable bonds is 9. The van der Waals surface area contributed by atoms with E-state index in [1.807, 2.05) is 42.5 Å².